The lowest BCUT2D eigenvalue weighted by molar-refractivity contribution is -0.146. The van der Waals surface area contributed by atoms with E-state index in [2.05, 4.69) is 21.2 Å². The number of halogens is 1. The maximum absolute atomic E-state index is 12.7. The molecule has 0 unspecified atom stereocenters. The largest absolute Gasteiger partial charge is 0.361 e. The summed E-state index contributed by atoms with van der Waals surface area (Å²) in [6.07, 6.45) is 0. The minimum Gasteiger partial charge on any atom is -0.361 e. The Bertz CT molecular complexity index is 735. The first-order valence-corrected chi connectivity index (χ1v) is 7.68. The Morgan fingerprint density at radius 3 is 2.70 bits per heavy atom. The Labute approximate surface area is 139 Å². The van der Waals surface area contributed by atoms with Crippen molar-refractivity contribution in [2.45, 2.75) is 6.04 Å². The molecule has 2 aliphatic rings. The average molecular weight is 381 g/mol. The number of benzene rings is 1. The van der Waals surface area contributed by atoms with Gasteiger partial charge in [-0.2, -0.15) is 0 Å². The standard InChI is InChI=1S/C14H13BrN4O4/c15-7-1-2-9-8(5-7)13(22)19-4-3-18(14(23)11(16)20)6-10(19)12(21)17-9/h1-2,5,10H,3-4,6H2,(H2,16,20)(H,17,21)/t10-/m1/s1. The Balaban J connectivity index is 1.93. The molecule has 4 amide bonds. The highest BCUT2D eigenvalue weighted by Gasteiger charge is 2.41. The maximum Gasteiger partial charge on any atom is 0.311 e. The first-order valence-electron chi connectivity index (χ1n) is 6.88. The number of amides is 4. The lowest BCUT2D eigenvalue weighted by Crippen LogP contribution is -2.60. The van der Waals surface area contributed by atoms with E-state index in [1.807, 2.05) is 0 Å². The van der Waals surface area contributed by atoms with Gasteiger partial charge in [0, 0.05) is 17.6 Å². The number of anilines is 1. The summed E-state index contributed by atoms with van der Waals surface area (Å²) >= 11 is 3.30. The molecule has 3 rings (SSSR count). The van der Waals surface area contributed by atoms with Gasteiger partial charge < -0.3 is 20.9 Å². The summed E-state index contributed by atoms with van der Waals surface area (Å²) in [7, 11) is 0. The third kappa shape index (κ3) is 2.67. The van der Waals surface area contributed by atoms with E-state index in [0.717, 1.165) is 4.47 Å². The van der Waals surface area contributed by atoms with Crippen molar-refractivity contribution in [2.24, 2.45) is 5.73 Å². The number of carbonyl (C=O) groups excluding carboxylic acids is 4. The van der Waals surface area contributed by atoms with E-state index < -0.39 is 23.8 Å². The van der Waals surface area contributed by atoms with E-state index in [4.69, 9.17) is 5.73 Å². The highest BCUT2D eigenvalue weighted by Crippen LogP contribution is 2.28. The number of carbonyl (C=O) groups is 4. The fourth-order valence-electron chi connectivity index (χ4n) is 2.76. The van der Waals surface area contributed by atoms with Crippen molar-refractivity contribution in [2.75, 3.05) is 25.0 Å². The molecule has 0 bridgehead atoms. The summed E-state index contributed by atoms with van der Waals surface area (Å²) in [6, 6.07) is 4.15. The molecule has 2 aliphatic heterocycles. The number of nitrogens with two attached hydrogens (primary N) is 1. The van der Waals surface area contributed by atoms with Crippen LogP contribution < -0.4 is 11.1 Å². The van der Waals surface area contributed by atoms with Crippen LogP contribution in [0.25, 0.3) is 0 Å². The van der Waals surface area contributed by atoms with Crippen molar-refractivity contribution in [1.29, 1.82) is 0 Å². The van der Waals surface area contributed by atoms with Gasteiger partial charge in [-0.15, -0.1) is 0 Å². The maximum atomic E-state index is 12.7. The molecule has 8 nitrogen and oxygen atoms in total. The molecule has 0 radical (unpaired) electrons. The summed E-state index contributed by atoms with van der Waals surface area (Å²) in [5.41, 5.74) is 5.80. The number of rotatable bonds is 0. The molecule has 0 spiro atoms. The summed E-state index contributed by atoms with van der Waals surface area (Å²) in [6.45, 7) is 0.247. The van der Waals surface area contributed by atoms with Crippen LogP contribution in [0.15, 0.2) is 22.7 Å². The van der Waals surface area contributed by atoms with E-state index in [-0.39, 0.29) is 25.5 Å². The zero-order valence-corrected chi connectivity index (χ0v) is 13.5. The van der Waals surface area contributed by atoms with Crippen LogP contribution in [0.1, 0.15) is 10.4 Å². The number of primary amides is 1. The zero-order valence-electron chi connectivity index (χ0n) is 11.9. The van der Waals surface area contributed by atoms with Crippen LogP contribution in [0.5, 0.6) is 0 Å². The Hall–Kier alpha value is -2.42. The van der Waals surface area contributed by atoms with Gasteiger partial charge >= 0.3 is 11.8 Å². The predicted molar refractivity (Wildman–Crippen MR) is 83.4 cm³/mol. The van der Waals surface area contributed by atoms with E-state index in [1.54, 1.807) is 18.2 Å². The van der Waals surface area contributed by atoms with Gasteiger partial charge in [-0.3, -0.25) is 19.2 Å². The second kappa shape index (κ2) is 5.65. The van der Waals surface area contributed by atoms with E-state index in [1.165, 1.54) is 9.80 Å². The lowest BCUT2D eigenvalue weighted by atomic mass is 10.1. The van der Waals surface area contributed by atoms with Crippen LogP contribution in [-0.4, -0.2) is 59.1 Å². The van der Waals surface area contributed by atoms with E-state index >= 15 is 0 Å². The van der Waals surface area contributed by atoms with Gasteiger partial charge in [-0.05, 0) is 18.2 Å². The average Bonchev–Trinajstić information content (AvgIpc) is 2.63. The van der Waals surface area contributed by atoms with Crippen LogP contribution in [0.2, 0.25) is 0 Å². The second-order valence-electron chi connectivity index (χ2n) is 5.31. The molecule has 120 valence electrons. The van der Waals surface area contributed by atoms with Crippen LogP contribution in [0.4, 0.5) is 5.69 Å². The molecule has 0 aliphatic carbocycles. The van der Waals surface area contributed by atoms with Crippen LogP contribution in [0, 0.1) is 0 Å². The number of piperazine rings is 1. The predicted octanol–water partition coefficient (Wildman–Crippen LogP) is -0.461. The van der Waals surface area contributed by atoms with Gasteiger partial charge in [-0.1, -0.05) is 15.9 Å². The monoisotopic (exact) mass is 380 g/mol. The number of hydrogen-bond acceptors (Lipinski definition) is 4. The molecule has 0 saturated carbocycles. The van der Waals surface area contributed by atoms with Gasteiger partial charge in [0.25, 0.3) is 5.91 Å². The molecule has 2 heterocycles. The molecule has 1 aromatic carbocycles. The minimum atomic E-state index is -1.08. The third-order valence-corrected chi connectivity index (χ3v) is 4.41. The highest BCUT2D eigenvalue weighted by molar-refractivity contribution is 9.10. The van der Waals surface area contributed by atoms with Crippen molar-refractivity contribution in [3.05, 3.63) is 28.2 Å². The Morgan fingerprint density at radius 1 is 1.26 bits per heavy atom. The Morgan fingerprint density at radius 2 is 2.00 bits per heavy atom. The summed E-state index contributed by atoms with van der Waals surface area (Å²) in [5, 5.41) is 2.69. The lowest BCUT2D eigenvalue weighted by Gasteiger charge is -2.38. The third-order valence-electron chi connectivity index (χ3n) is 3.91. The highest BCUT2D eigenvalue weighted by atomic mass is 79.9. The number of fused-ring (bicyclic) bond motifs is 2. The van der Waals surface area contributed by atoms with E-state index in [0.29, 0.717) is 11.3 Å². The second-order valence-corrected chi connectivity index (χ2v) is 6.22. The van der Waals surface area contributed by atoms with Gasteiger partial charge in [0.1, 0.15) is 6.04 Å². The molecule has 23 heavy (non-hydrogen) atoms. The van der Waals surface area contributed by atoms with Crippen molar-refractivity contribution < 1.29 is 19.2 Å². The molecular formula is C14H13BrN4O4. The fraction of sp³-hybridized carbons (Fsp3) is 0.286. The van der Waals surface area contributed by atoms with Gasteiger partial charge in [0.05, 0.1) is 17.8 Å². The Kier molecular flexibility index (Phi) is 3.80. The first-order chi connectivity index (χ1) is 10.9. The number of nitrogens with zero attached hydrogens (tertiary/aromatic N) is 2. The number of hydrogen-bond donors (Lipinski definition) is 2. The van der Waals surface area contributed by atoms with Gasteiger partial charge in [-0.25, -0.2) is 0 Å². The van der Waals surface area contributed by atoms with Crippen molar-refractivity contribution in [3.8, 4) is 0 Å². The topological polar surface area (TPSA) is 113 Å². The van der Waals surface area contributed by atoms with Crippen LogP contribution in [-0.2, 0) is 14.4 Å². The molecular weight excluding hydrogens is 368 g/mol. The van der Waals surface area contributed by atoms with Gasteiger partial charge in [0.15, 0.2) is 0 Å². The molecule has 1 atom stereocenters. The molecule has 3 N–H and O–H groups in total. The smallest absolute Gasteiger partial charge is 0.311 e. The van der Waals surface area contributed by atoms with Crippen LogP contribution in [0.3, 0.4) is 0 Å². The summed E-state index contributed by atoms with van der Waals surface area (Å²) in [5.74, 6) is -2.63. The summed E-state index contributed by atoms with van der Waals surface area (Å²) in [4.78, 5) is 50.5. The van der Waals surface area contributed by atoms with Crippen molar-refractivity contribution in [3.63, 3.8) is 0 Å². The first kappa shape index (κ1) is 15.5. The molecule has 1 aromatic rings. The van der Waals surface area contributed by atoms with Crippen molar-refractivity contribution >= 4 is 45.2 Å². The molecule has 9 heteroatoms. The van der Waals surface area contributed by atoms with E-state index in [9.17, 15) is 19.2 Å². The minimum absolute atomic E-state index is 0.0610. The zero-order chi connectivity index (χ0) is 16.7. The normalized spacial score (nSPS) is 20.3. The summed E-state index contributed by atoms with van der Waals surface area (Å²) < 4.78 is 0.722. The molecule has 1 fully saturated rings. The van der Waals surface area contributed by atoms with Crippen LogP contribution >= 0.6 is 15.9 Å². The molecule has 1 saturated heterocycles. The quantitative estimate of drug-likeness (QED) is 0.592. The SMILES string of the molecule is NC(=O)C(=O)N1CCN2C(=O)c3cc(Br)ccc3NC(=O)[C@H]2C1. The van der Waals surface area contributed by atoms with Crippen molar-refractivity contribution in [1.82, 2.24) is 9.80 Å². The fourth-order valence-corrected chi connectivity index (χ4v) is 3.12. The number of nitrogens with one attached hydrogen (secondary N) is 1. The molecule has 0 aromatic heterocycles. The van der Waals surface area contributed by atoms with Gasteiger partial charge in [0.2, 0.25) is 5.91 Å².